The second-order valence-electron chi connectivity index (χ2n) is 4.68. The number of aromatic nitrogens is 1. The number of rotatable bonds is 5. The van der Waals surface area contributed by atoms with Gasteiger partial charge in [0.2, 0.25) is 0 Å². The topological polar surface area (TPSA) is 34.1 Å². The highest BCUT2D eigenvalue weighted by atomic mass is 16.5. The van der Waals surface area contributed by atoms with Crippen molar-refractivity contribution in [2.24, 2.45) is 0 Å². The Labute approximate surface area is 97.2 Å². The summed E-state index contributed by atoms with van der Waals surface area (Å²) in [5.74, 6) is 1.30. The summed E-state index contributed by atoms with van der Waals surface area (Å²) in [5, 5.41) is 3.62. The van der Waals surface area contributed by atoms with E-state index in [2.05, 4.69) is 30.2 Å². The number of nitrogens with zero attached hydrogens (tertiary/aromatic N) is 1. The fourth-order valence-corrected chi connectivity index (χ4v) is 1.85. The van der Waals surface area contributed by atoms with Crippen LogP contribution in [0.5, 0.6) is 5.75 Å². The highest BCUT2D eigenvalue weighted by Crippen LogP contribution is 2.26. The molecule has 1 aliphatic rings. The molecule has 1 fully saturated rings. The van der Waals surface area contributed by atoms with Crippen LogP contribution in [0.4, 0.5) is 0 Å². The minimum atomic E-state index is 0.461. The summed E-state index contributed by atoms with van der Waals surface area (Å²) in [6.07, 6.45) is 6.33. The summed E-state index contributed by atoms with van der Waals surface area (Å²) in [6.45, 7) is 4.47. The third kappa shape index (κ3) is 2.73. The molecule has 2 unspecified atom stereocenters. The summed E-state index contributed by atoms with van der Waals surface area (Å²) >= 11 is 0. The SMILES string of the molecule is COc1cncc(C(C)C(C)NC2CC2)c1. The van der Waals surface area contributed by atoms with Crippen molar-refractivity contribution < 1.29 is 4.74 Å². The van der Waals surface area contributed by atoms with E-state index < -0.39 is 0 Å². The lowest BCUT2D eigenvalue weighted by atomic mass is 9.95. The zero-order valence-electron chi connectivity index (χ0n) is 10.2. The number of methoxy groups -OCH3 is 1. The van der Waals surface area contributed by atoms with Crippen LogP contribution in [0.2, 0.25) is 0 Å². The van der Waals surface area contributed by atoms with E-state index in [4.69, 9.17) is 4.74 Å². The number of hydrogen-bond acceptors (Lipinski definition) is 3. The predicted octanol–water partition coefficient (Wildman–Crippen LogP) is 2.33. The molecule has 3 heteroatoms. The molecule has 2 atom stereocenters. The third-order valence-electron chi connectivity index (χ3n) is 3.32. The quantitative estimate of drug-likeness (QED) is 0.827. The Kier molecular flexibility index (Phi) is 3.44. The van der Waals surface area contributed by atoms with E-state index in [0.29, 0.717) is 12.0 Å². The second-order valence-corrected chi connectivity index (χ2v) is 4.68. The molecule has 0 amide bonds. The molecule has 0 aromatic carbocycles. The highest BCUT2D eigenvalue weighted by molar-refractivity contribution is 5.26. The normalized spacial score (nSPS) is 19.2. The molecule has 16 heavy (non-hydrogen) atoms. The first-order valence-electron chi connectivity index (χ1n) is 5.95. The molecule has 1 aromatic heterocycles. The first kappa shape index (κ1) is 11.4. The molecule has 1 saturated carbocycles. The maximum absolute atomic E-state index is 5.20. The van der Waals surface area contributed by atoms with Crippen LogP contribution in [0.1, 0.15) is 38.2 Å². The molecule has 1 N–H and O–H groups in total. The van der Waals surface area contributed by atoms with Gasteiger partial charge in [0.15, 0.2) is 0 Å². The maximum Gasteiger partial charge on any atom is 0.137 e. The molecule has 3 nitrogen and oxygen atoms in total. The van der Waals surface area contributed by atoms with E-state index in [9.17, 15) is 0 Å². The van der Waals surface area contributed by atoms with Gasteiger partial charge in [0.05, 0.1) is 13.3 Å². The van der Waals surface area contributed by atoms with Crippen LogP contribution < -0.4 is 10.1 Å². The van der Waals surface area contributed by atoms with Crippen molar-refractivity contribution in [3.63, 3.8) is 0 Å². The standard InChI is InChI=1S/C13H20N2O/c1-9(10(2)15-12-4-5-12)11-6-13(16-3)8-14-7-11/h6-10,12,15H,4-5H2,1-3H3. The second kappa shape index (κ2) is 4.83. The van der Waals surface area contributed by atoms with Crippen LogP contribution in [-0.4, -0.2) is 24.2 Å². The van der Waals surface area contributed by atoms with Gasteiger partial charge in [-0.3, -0.25) is 4.98 Å². The smallest absolute Gasteiger partial charge is 0.137 e. The maximum atomic E-state index is 5.20. The Hall–Kier alpha value is -1.09. The molecule has 0 spiro atoms. The van der Waals surface area contributed by atoms with Crippen LogP contribution in [-0.2, 0) is 0 Å². The van der Waals surface area contributed by atoms with Gasteiger partial charge in [-0.25, -0.2) is 0 Å². The van der Waals surface area contributed by atoms with Crippen LogP contribution in [0, 0.1) is 0 Å². The molecule has 0 radical (unpaired) electrons. The van der Waals surface area contributed by atoms with Crippen molar-refractivity contribution in [2.75, 3.05) is 7.11 Å². The molecule has 88 valence electrons. The van der Waals surface area contributed by atoms with E-state index in [1.165, 1.54) is 18.4 Å². The van der Waals surface area contributed by atoms with Gasteiger partial charge in [0.25, 0.3) is 0 Å². The van der Waals surface area contributed by atoms with E-state index in [1.54, 1.807) is 13.3 Å². The van der Waals surface area contributed by atoms with Gasteiger partial charge in [-0.2, -0.15) is 0 Å². The van der Waals surface area contributed by atoms with E-state index in [1.807, 2.05) is 6.20 Å². The third-order valence-corrected chi connectivity index (χ3v) is 3.32. The van der Waals surface area contributed by atoms with Gasteiger partial charge in [-0.1, -0.05) is 6.92 Å². The molecule has 1 aliphatic carbocycles. The van der Waals surface area contributed by atoms with Crippen molar-refractivity contribution in [2.45, 2.75) is 44.7 Å². The van der Waals surface area contributed by atoms with Gasteiger partial charge in [-0.15, -0.1) is 0 Å². The Bertz CT molecular complexity index is 350. The van der Waals surface area contributed by atoms with Crippen LogP contribution in [0.3, 0.4) is 0 Å². The Morgan fingerprint density at radius 1 is 1.38 bits per heavy atom. The van der Waals surface area contributed by atoms with Crippen LogP contribution in [0.15, 0.2) is 18.5 Å². The minimum absolute atomic E-state index is 0.461. The molecule has 1 aromatic rings. The van der Waals surface area contributed by atoms with Gasteiger partial charge in [0.1, 0.15) is 5.75 Å². The van der Waals surface area contributed by atoms with Crippen LogP contribution in [0.25, 0.3) is 0 Å². The lowest BCUT2D eigenvalue weighted by Crippen LogP contribution is -2.32. The Morgan fingerprint density at radius 2 is 2.12 bits per heavy atom. The fourth-order valence-electron chi connectivity index (χ4n) is 1.85. The number of hydrogen-bond donors (Lipinski definition) is 1. The average molecular weight is 220 g/mol. The van der Waals surface area contributed by atoms with E-state index in [0.717, 1.165) is 11.8 Å². The van der Waals surface area contributed by atoms with Crippen molar-refractivity contribution in [3.05, 3.63) is 24.0 Å². The summed E-state index contributed by atoms with van der Waals surface area (Å²) in [4.78, 5) is 4.20. The zero-order chi connectivity index (χ0) is 11.5. The number of pyridine rings is 1. The lowest BCUT2D eigenvalue weighted by molar-refractivity contribution is 0.410. The highest BCUT2D eigenvalue weighted by Gasteiger charge is 2.25. The van der Waals surface area contributed by atoms with Crippen molar-refractivity contribution in [1.29, 1.82) is 0 Å². The largest absolute Gasteiger partial charge is 0.495 e. The van der Waals surface area contributed by atoms with Crippen molar-refractivity contribution in [1.82, 2.24) is 10.3 Å². The van der Waals surface area contributed by atoms with Crippen molar-refractivity contribution >= 4 is 0 Å². The number of ether oxygens (including phenoxy) is 1. The van der Waals surface area contributed by atoms with Gasteiger partial charge in [-0.05, 0) is 37.3 Å². The summed E-state index contributed by atoms with van der Waals surface area (Å²) in [7, 11) is 1.68. The van der Waals surface area contributed by atoms with Gasteiger partial charge in [0, 0.05) is 18.3 Å². The summed E-state index contributed by atoms with van der Waals surface area (Å²) < 4.78 is 5.20. The van der Waals surface area contributed by atoms with Crippen LogP contribution >= 0.6 is 0 Å². The molecule has 0 bridgehead atoms. The molecular weight excluding hydrogens is 200 g/mol. The molecule has 1 heterocycles. The summed E-state index contributed by atoms with van der Waals surface area (Å²) in [5.41, 5.74) is 1.24. The Balaban J connectivity index is 2.02. The number of nitrogens with one attached hydrogen (secondary N) is 1. The molecule has 0 aliphatic heterocycles. The van der Waals surface area contributed by atoms with Gasteiger partial charge < -0.3 is 10.1 Å². The average Bonchev–Trinajstić information content (AvgIpc) is 3.12. The van der Waals surface area contributed by atoms with E-state index >= 15 is 0 Å². The first-order chi connectivity index (χ1) is 7.70. The minimum Gasteiger partial charge on any atom is -0.495 e. The first-order valence-corrected chi connectivity index (χ1v) is 5.95. The van der Waals surface area contributed by atoms with Gasteiger partial charge >= 0.3 is 0 Å². The monoisotopic (exact) mass is 220 g/mol. The summed E-state index contributed by atoms with van der Waals surface area (Å²) in [6, 6.07) is 3.31. The Morgan fingerprint density at radius 3 is 2.75 bits per heavy atom. The molecular formula is C13H20N2O. The fraction of sp³-hybridized carbons (Fsp3) is 0.615. The molecule has 0 saturated heterocycles. The molecule has 2 rings (SSSR count). The predicted molar refractivity (Wildman–Crippen MR) is 64.8 cm³/mol. The van der Waals surface area contributed by atoms with E-state index in [-0.39, 0.29) is 0 Å². The lowest BCUT2D eigenvalue weighted by Gasteiger charge is -2.21. The van der Waals surface area contributed by atoms with Crippen molar-refractivity contribution in [3.8, 4) is 5.75 Å². The zero-order valence-corrected chi connectivity index (χ0v) is 10.2.